The maximum Gasteiger partial charge on any atom is 0.221 e. The van der Waals surface area contributed by atoms with Gasteiger partial charge >= 0.3 is 0 Å². The average molecular weight is 294 g/mol. The fourth-order valence-corrected chi connectivity index (χ4v) is 1.83. The fourth-order valence-electron chi connectivity index (χ4n) is 1.83. The molecule has 0 radical (unpaired) electrons. The molecule has 0 aliphatic rings. The monoisotopic (exact) mass is 294 g/mol. The lowest BCUT2D eigenvalue weighted by Crippen LogP contribution is -2.38. The first-order valence-electron chi connectivity index (χ1n) is 7.08. The van der Waals surface area contributed by atoms with Gasteiger partial charge in [-0.2, -0.15) is 0 Å². The van der Waals surface area contributed by atoms with Gasteiger partial charge in [-0.25, -0.2) is 0 Å². The summed E-state index contributed by atoms with van der Waals surface area (Å²) in [7, 11) is 3.19. The van der Waals surface area contributed by atoms with Crippen LogP contribution in [0.1, 0.15) is 32.8 Å². The zero-order valence-electron chi connectivity index (χ0n) is 13.6. The largest absolute Gasteiger partial charge is 0.493 e. The van der Waals surface area contributed by atoms with Crippen LogP contribution in [0.5, 0.6) is 11.5 Å². The van der Waals surface area contributed by atoms with Gasteiger partial charge in [0.1, 0.15) is 0 Å². The molecule has 0 aromatic heterocycles. The van der Waals surface area contributed by atoms with Crippen molar-refractivity contribution < 1.29 is 14.3 Å². The molecule has 0 atom stereocenters. The number of nitrogens with one attached hydrogen (secondary N) is 2. The standard InChI is InChI=1S/C16H26N2O3/c1-16(2,3)18-9-8-15(19)17-11-12-6-7-13(20-4)14(10-12)21-5/h6-7,10,18H,8-9,11H2,1-5H3,(H,17,19). The van der Waals surface area contributed by atoms with E-state index in [0.717, 1.165) is 5.56 Å². The Morgan fingerprint density at radius 1 is 1.14 bits per heavy atom. The third-order valence-electron chi connectivity index (χ3n) is 2.95. The van der Waals surface area contributed by atoms with Gasteiger partial charge in [-0.1, -0.05) is 6.07 Å². The van der Waals surface area contributed by atoms with Crippen molar-refractivity contribution in [2.24, 2.45) is 0 Å². The van der Waals surface area contributed by atoms with E-state index in [1.165, 1.54) is 0 Å². The Labute approximate surface area is 127 Å². The molecule has 1 amide bonds. The molecule has 0 fully saturated rings. The summed E-state index contributed by atoms with van der Waals surface area (Å²) >= 11 is 0. The van der Waals surface area contributed by atoms with E-state index >= 15 is 0 Å². The molecule has 0 spiro atoms. The average Bonchev–Trinajstić information content (AvgIpc) is 2.43. The minimum Gasteiger partial charge on any atom is -0.493 e. The highest BCUT2D eigenvalue weighted by molar-refractivity contribution is 5.76. The quantitative estimate of drug-likeness (QED) is 0.808. The first kappa shape index (κ1) is 17.3. The molecule has 21 heavy (non-hydrogen) atoms. The summed E-state index contributed by atoms with van der Waals surface area (Å²) in [5, 5.41) is 6.19. The van der Waals surface area contributed by atoms with E-state index in [0.29, 0.717) is 31.0 Å². The van der Waals surface area contributed by atoms with E-state index in [1.807, 2.05) is 18.2 Å². The fraction of sp³-hybridized carbons (Fsp3) is 0.562. The normalized spacial score (nSPS) is 11.1. The van der Waals surface area contributed by atoms with Crippen molar-refractivity contribution in [3.63, 3.8) is 0 Å². The minimum absolute atomic E-state index is 0.0292. The Hall–Kier alpha value is -1.75. The smallest absolute Gasteiger partial charge is 0.221 e. The lowest BCUT2D eigenvalue weighted by molar-refractivity contribution is -0.121. The first-order valence-corrected chi connectivity index (χ1v) is 7.08. The van der Waals surface area contributed by atoms with Crippen LogP contribution >= 0.6 is 0 Å². The van der Waals surface area contributed by atoms with E-state index in [4.69, 9.17) is 9.47 Å². The molecular formula is C16H26N2O3. The lowest BCUT2D eigenvalue weighted by Gasteiger charge is -2.20. The van der Waals surface area contributed by atoms with Crippen molar-refractivity contribution in [3.05, 3.63) is 23.8 Å². The van der Waals surface area contributed by atoms with Gasteiger partial charge in [-0.05, 0) is 38.5 Å². The third-order valence-corrected chi connectivity index (χ3v) is 2.95. The zero-order chi connectivity index (χ0) is 15.9. The molecule has 5 heteroatoms. The summed E-state index contributed by atoms with van der Waals surface area (Å²) in [6, 6.07) is 5.61. The van der Waals surface area contributed by atoms with E-state index in [2.05, 4.69) is 31.4 Å². The SMILES string of the molecule is COc1ccc(CNC(=O)CCNC(C)(C)C)cc1OC. The number of hydrogen-bond donors (Lipinski definition) is 2. The Morgan fingerprint density at radius 3 is 2.38 bits per heavy atom. The molecule has 2 N–H and O–H groups in total. The highest BCUT2D eigenvalue weighted by atomic mass is 16.5. The molecule has 0 aliphatic carbocycles. The molecule has 5 nitrogen and oxygen atoms in total. The summed E-state index contributed by atoms with van der Waals surface area (Å²) in [6.45, 7) is 7.38. The van der Waals surface area contributed by atoms with Crippen molar-refractivity contribution in [2.45, 2.75) is 39.3 Å². The molecule has 0 heterocycles. The summed E-state index contributed by atoms with van der Waals surface area (Å²) in [6.07, 6.45) is 0.463. The summed E-state index contributed by atoms with van der Waals surface area (Å²) < 4.78 is 10.4. The maximum absolute atomic E-state index is 11.8. The van der Waals surface area contributed by atoms with E-state index in [9.17, 15) is 4.79 Å². The van der Waals surface area contributed by atoms with Crippen molar-refractivity contribution in [3.8, 4) is 11.5 Å². The van der Waals surface area contributed by atoms with Crippen LogP contribution in [0.2, 0.25) is 0 Å². The first-order chi connectivity index (χ1) is 9.85. The van der Waals surface area contributed by atoms with Crippen molar-refractivity contribution >= 4 is 5.91 Å². The molecule has 1 aromatic rings. The van der Waals surface area contributed by atoms with E-state index in [-0.39, 0.29) is 11.4 Å². The van der Waals surface area contributed by atoms with Gasteiger partial charge in [0.25, 0.3) is 0 Å². The second-order valence-electron chi connectivity index (χ2n) is 5.89. The van der Waals surface area contributed by atoms with E-state index in [1.54, 1.807) is 14.2 Å². The number of benzene rings is 1. The van der Waals surface area contributed by atoms with Crippen LogP contribution in [0.3, 0.4) is 0 Å². The second kappa shape index (κ2) is 7.88. The van der Waals surface area contributed by atoms with Crippen LogP contribution < -0.4 is 20.1 Å². The van der Waals surface area contributed by atoms with Crippen LogP contribution in [0.15, 0.2) is 18.2 Å². The molecule has 0 saturated heterocycles. The zero-order valence-corrected chi connectivity index (χ0v) is 13.6. The summed E-state index contributed by atoms with van der Waals surface area (Å²) in [4.78, 5) is 11.8. The third kappa shape index (κ3) is 6.49. The lowest BCUT2D eigenvalue weighted by atomic mass is 10.1. The molecular weight excluding hydrogens is 268 g/mol. The predicted molar refractivity (Wildman–Crippen MR) is 83.8 cm³/mol. The molecule has 118 valence electrons. The van der Waals surface area contributed by atoms with E-state index < -0.39 is 0 Å². The van der Waals surface area contributed by atoms with Crippen LogP contribution in [-0.4, -0.2) is 32.2 Å². The van der Waals surface area contributed by atoms with Crippen molar-refractivity contribution in [2.75, 3.05) is 20.8 Å². The molecule has 1 rings (SSSR count). The molecule has 0 unspecified atom stereocenters. The highest BCUT2D eigenvalue weighted by Crippen LogP contribution is 2.27. The predicted octanol–water partition coefficient (Wildman–Crippen LogP) is 2.10. The Balaban J connectivity index is 2.42. The minimum atomic E-state index is 0.0292. The number of ether oxygens (including phenoxy) is 2. The molecule has 0 saturated carbocycles. The van der Waals surface area contributed by atoms with Crippen molar-refractivity contribution in [1.29, 1.82) is 0 Å². The number of hydrogen-bond acceptors (Lipinski definition) is 4. The Bertz CT molecular complexity index is 467. The number of carbonyl (C=O) groups excluding carboxylic acids is 1. The molecule has 0 bridgehead atoms. The Morgan fingerprint density at radius 2 is 1.81 bits per heavy atom. The van der Waals surface area contributed by atoms with Gasteiger partial charge in [0.2, 0.25) is 5.91 Å². The number of methoxy groups -OCH3 is 2. The second-order valence-corrected chi connectivity index (χ2v) is 5.89. The van der Waals surface area contributed by atoms with Gasteiger partial charge in [-0.3, -0.25) is 4.79 Å². The van der Waals surface area contributed by atoms with Gasteiger partial charge in [0, 0.05) is 25.0 Å². The highest BCUT2D eigenvalue weighted by Gasteiger charge is 2.10. The van der Waals surface area contributed by atoms with Gasteiger partial charge in [0.05, 0.1) is 14.2 Å². The van der Waals surface area contributed by atoms with Gasteiger partial charge in [0.15, 0.2) is 11.5 Å². The van der Waals surface area contributed by atoms with Crippen LogP contribution in [-0.2, 0) is 11.3 Å². The van der Waals surface area contributed by atoms with Crippen LogP contribution in [0.4, 0.5) is 0 Å². The Kier molecular flexibility index (Phi) is 6.49. The summed E-state index contributed by atoms with van der Waals surface area (Å²) in [5.41, 5.74) is 1.01. The number of rotatable bonds is 7. The molecule has 0 aliphatic heterocycles. The topological polar surface area (TPSA) is 59.6 Å². The van der Waals surface area contributed by atoms with Crippen molar-refractivity contribution in [1.82, 2.24) is 10.6 Å². The molecule has 1 aromatic carbocycles. The van der Waals surface area contributed by atoms with Crippen LogP contribution in [0, 0.1) is 0 Å². The number of amides is 1. The summed E-state index contributed by atoms with van der Waals surface area (Å²) in [5.74, 6) is 1.38. The van der Waals surface area contributed by atoms with Gasteiger partial charge in [-0.15, -0.1) is 0 Å². The number of carbonyl (C=O) groups is 1. The van der Waals surface area contributed by atoms with Crippen LogP contribution in [0.25, 0.3) is 0 Å². The van der Waals surface area contributed by atoms with Gasteiger partial charge < -0.3 is 20.1 Å². The maximum atomic E-state index is 11.8.